The van der Waals surface area contributed by atoms with Crippen molar-refractivity contribution in [1.29, 1.82) is 0 Å². The second-order valence-corrected chi connectivity index (χ2v) is 3.27. The Balaban J connectivity index is 3.21. The molecular formula is C7H7IO3. The molecule has 4 heteroatoms. The molecule has 0 radical (unpaired) electrons. The summed E-state index contributed by atoms with van der Waals surface area (Å²) in [4.78, 5) is 0. The van der Waals surface area contributed by atoms with E-state index in [0.717, 1.165) is 0 Å². The van der Waals surface area contributed by atoms with Gasteiger partial charge in [0, 0.05) is 0 Å². The highest BCUT2D eigenvalue weighted by atomic mass is 127. The van der Waals surface area contributed by atoms with Crippen LogP contribution in [-0.4, -0.2) is 15.3 Å². The molecule has 0 saturated carbocycles. The molecule has 60 valence electrons. The maximum absolute atomic E-state index is 9.09. The molecule has 0 aromatic heterocycles. The molecule has 3 nitrogen and oxygen atoms in total. The fourth-order valence-corrected chi connectivity index (χ4v) is 1.41. The molecule has 0 aliphatic carbocycles. The lowest BCUT2D eigenvalue weighted by atomic mass is 10.2. The van der Waals surface area contributed by atoms with Crippen LogP contribution in [0.4, 0.5) is 0 Å². The normalized spacial score (nSPS) is 10.0. The van der Waals surface area contributed by atoms with Gasteiger partial charge >= 0.3 is 0 Å². The summed E-state index contributed by atoms with van der Waals surface area (Å²) in [5, 5.41) is 26.8. The van der Waals surface area contributed by atoms with Crippen LogP contribution in [-0.2, 0) is 6.61 Å². The van der Waals surface area contributed by atoms with Gasteiger partial charge in [0.1, 0.15) is 0 Å². The molecule has 11 heavy (non-hydrogen) atoms. The van der Waals surface area contributed by atoms with Crippen LogP contribution in [0.3, 0.4) is 0 Å². The van der Waals surface area contributed by atoms with Crippen molar-refractivity contribution in [3.8, 4) is 11.5 Å². The lowest BCUT2D eigenvalue weighted by molar-refractivity contribution is 0.280. The Labute approximate surface area is 77.4 Å². The number of halogens is 1. The summed E-state index contributed by atoms with van der Waals surface area (Å²) in [6.45, 7) is -0.135. The van der Waals surface area contributed by atoms with Crippen molar-refractivity contribution in [3.63, 3.8) is 0 Å². The highest BCUT2D eigenvalue weighted by Crippen LogP contribution is 2.31. The van der Waals surface area contributed by atoms with Crippen molar-refractivity contribution in [1.82, 2.24) is 0 Å². The summed E-state index contributed by atoms with van der Waals surface area (Å²) in [6, 6.07) is 2.94. The van der Waals surface area contributed by atoms with Crippen molar-refractivity contribution < 1.29 is 15.3 Å². The Morgan fingerprint density at radius 1 is 1.27 bits per heavy atom. The predicted molar refractivity (Wildman–Crippen MR) is 48.4 cm³/mol. The number of aliphatic hydroxyl groups is 1. The van der Waals surface area contributed by atoms with Gasteiger partial charge in [-0.15, -0.1) is 0 Å². The Kier molecular flexibility index (Phi) is 2.56. The zero-order valence-corrected chi connectivity index (χ0v) is 7.74. The zero-order valence-electron chi connectivity index (χ0n) is 5.58. The van der Waals surface area contributed by atoms with Gasteiger partial charge in [-0.25, -0.2) is 0 Å². The van der Waals surface area contributed by atoms with Gasteiger partial charge in [0.2, 0.25) is 0 Å². The molecule has 0 spiro atoms. The van der Waals surface area contributed by atoms with E-state index in [9.17, 15) is 0 Å². The number of aromatic hydroxyl groups is 2. The average Bonchev–Trinajstić information content (AvgIpc) is 1.99. The van der Waals surface area contributed by atoms with Crippen LogP contribution in [0.2, 0.25) is 0 Å². The molecule has 1 rings (SSSR count). The van der Waals surface area contributed by atoms with Gasteiger partial charge in [0.25, 0.3) is 0 Å². The van der Waals surface area contributed by atoms with Crippen LogP contribution >= 0.6 is 22.6 Å². The van der Waals surface area contributed by atoms with Crippen LogP contribution in [0.25, 0.3) is 0 Å². The van der Waals surface area contributed by atoms with Crippen molar-refractivity contribution in [2.45, 2.75) is 6.61 Å². The Hall–Kier alpha value is -0.490. The van der Waals surface area contributed by atoms with Crippen molar-refractivity contribution in [2.75, 3.05) is 0 Å². The molecule has 3 N–H and O–H groups in total. The largest absolute Gasteiger partial charge is 0.504 e. The third-order valence-corrected chi connectivity index (χ3v) is 2.11. The van der Waals surface area contributed by atoms with Gasteiger partial charge < -0.3 is 15.3 Å². The highest BCUT2D eigenvalue weighted by molar-refractivity contribution is 14.1. The van der Waals surface area contributed by atoms with Crippen LogP contribution in [0.15, 0.2) is 12.1 Å². The van der Waals surface area contributed by atoms with Gasteiger partial charge in [-0.3, -0.25) is 0 Å². The van der Waals surface area contributed by atoms with Crippen LogP contribution < -0.4 is 0 Å². The summed E-state index contributed by atoms with van der Waals surface area (Å²) in [5.74, 6) is -0.330. The molecule has 0 amide bonds. The first-order valence-electron chi connectivity index (χ1n) is 2.96. The number of benzene rings is 1. The smallest absolute Gasteiger partial charge is 0.171 e. The van der Waals surface area contributed by atoms with Gasteiger partial charge in [-0.2, -0.15) is 0 Å². The van der Waals surface area contributed by atoms with Crippen LogP contribution in [0, 0.1) is 3.57 Å². The third-order valence-electron chi connectivity index (χ3n) is 1.29. The molecule has 0 unspecified atom stereocenters. The fraction of sp³-hybridized carbons (Fsp3) is 0.143. The first kappa shape index (κ1) is 8.61. The highest BCUT2D eigenvalue weighted by Gasteiger charge is 2.05. The summed E-state index contributed by atoms with van der Waals surface area (Å²) < 4.78 is 0.534. The molecule has 1 aromatic carbocycles. The van der Waals surface area contributed by atoms with E-state index in [1.807, 2.05) is 22.6 Å². The minimum Gasteiger partial charge on any atom is -0.504 e. The monoisotopic (exact) mass is 266 g/mol. The minimum atomic E-state index is -0.194. The molecule has 0 heterocycles. The number of phenols is 2. The zero-order chi connectivity index (χ0) is 8.43. The van der Waals surface area contributed by atoms with Gasteiger partial charge in [-0.05, 0) is 40.3 Å². The number of aliphatic hydroxyl groups excluding tert-OH is 1. The number of rotatable bonds is 1. The summed E-state index contributed by atoms with van der Waals surface area (Å²) in [5.41, 5.74) is 0.588. The number of hydrogen-bond acceptors (Lipinski definition) is 3. The molecule has 0 fully saturated rings. The second kappa shape index (κ2) is 3.27. The molecule has 0 saturated heterocycles. The molecule has 0 atom stereocenters. The molecule has 0 aliphatic heterocycles. The summed E-state index contributed by atoms with van der Waals surface area (Å²) >= 11 is 1.88. The SMILES string of the molecule is OCc1cc(O)c(O)c(I)c1. The minimum absolute atomic E-state index is 0.135. The predicted octanol–water partition coefficient (Wildman–Crippen LogP) is 1.19. The lowest BCUT2D eigenvalue weighted by Crippen LogP contribution is -1.84. The van der Waals surface area contributed by atoms with Gasteiger partial charge in [0.05, 0.1) is 10.2 Å². The van der Waals surface area contributed by atoms with Crippen molar-refractivity contribution in [3.05, 3.63) is 21.3 Å². The fourth-order valence-electron chi connectivity index (χ4n) is 0.730. The van der Waals surface area contributed by atoms with Crippen molar-refractivity contribution >= 4 is 22.6 Å². The van der Waals surface area contributed by atoms with Crippen LogP contribution in [0.5, 0.6) is 11.5 Å². The maximum Gasteiger partial charge on any atom is 0.171 e. The van der Waals surface area contributed by atoms with Gasteiger partial charge in [0.15, 0.2) is 11.5 Å². The molecule has 1 aromatic rings. The molecule has 0 aliphatic rings. The second-order valence-electron chi connectivity index (χ2n) is 2.10. The maximum atomic E-state index is 9.09. The molecular weight excluding hydrogens is 259 g/mol. The third kappa shape index (κ3) is 1.75. The lowest BCUT2D eigenvalue weighted by Gasteiger charge is -2.02. The Morgan fingerprint density at radius 2 is 1.91 bits per heavy atom. The van der Waals surface area contributed by atoms with E-state index >= 15 is 0 Å². The van der Waals surface area contributed by atoms with Crippen LogP contribution in [0.1, 0.15) is 5.56 Å². The number of phenolic OH excluding ortho intramolecular Hbond substituents is 2. The van der Waals surface area contributed by atoms with E-state index in [-0.39, 0.29) is 18.1 Å². The first-order chi connectivity index (χ1) is 5.15. The summed E-state index contributed by atoms with van der Waals surface area (Å²) in [6.07, 6.45) is 0. The van der Waals surface area contributed by atoms with E-state index in [1.165, 1.54) is 6.07 Å². The quantitative estimate of drug-likeness (QED) is 0.528. The van der Waals surface area contributed by atoms with Gasteiger partial charge in [-0.1, -0.05) is 0 Å². The standard InChI is InChI=1S/C7H7IO3/c8-5-1-4(3-9)2-6(10)7(5)11/h1-2,9-11H,3H2. The number of hydrogen-bond donors (Lipinski definition) is 3. The first-order valence-corrected chi connectivity index (χ1v) is 4.04. The van der Waals surface area contributed by atoms with E-state index in [2.05, 4.69) is 0 Å². The Bertz CT molecular complexity index is 249. The Morgan fingerprint density at radius 3 is 2.36 bits per heavy atom. The molecule has 0 bridgehead atoms. The van der Waals surface area contributed by atoms with E-state index < -0.39 is 0 Å². The average molecular weight is 266 g/mol. The van der Waals surface area contributed by atoms with Crippen molar-refractivity contribution in [2.24, 2.45) is 0 Å². The van der Waals surface area contributed by atoms with E-state index in [1.54, 1.807) is 6.07 Å². The van der Waals surface area contributed by atoms with E-state index in [4.69, 9.17) is 15.3 Å². The summed E-state index contributed by atoms with van der Waals surface area (Å²) in [7, 11) is 0. The topological polar surface area (TPSA) is 60.7 Å². The van der Waals surface area contributed by atoms with E-state index in [0.29, 0.717) is 9.13 Å².